The molecule has 0 radical (unpaired) electrons. The number of carbonyl (C=O) groups excluding carboxylic acids is 3. The van der Waals surface area contributed by atoms with Crippen LogP contribution in [-0.2, 0) is 9.47 Å². The fourth-order valence-electron chi connectivity index (χ4n) is 4.38. The predicted octanol–water partition coefficient (Wildman–Crippen LogP) is 5.22. The number of amides is 2. The molecular formula is C29H37N5O5. The number of aromatic nitrogens is 3. The van der Waals surface area contributed by atoms with Gasteiger partial charge in [-0.15, -0.1) is 0 Å². The number of hydrogen-bond acceptors (Lipinski definition) is 7. The second kappa shape index (κ2) is 10.7. The van der Waals surface area contributed by atoms with Crippen LogP contribution in [-0.4, -0.2) is 56.4 Å². The maximum atomic E-state index is 13.3. The van der Waals surface area contributed by atoms with Gasteiger partial charge in [-0.3, -0.25) is 9.78 Å². The molecule has 1 fully saturated rings. The van der Waals surface area contributed by atoms with Gasteiger partial charge in [-0.2, -0.15) is 0 Å². The van der Waals surface area contributed by atoms with E-state index in [0.717, 1.165) is 23.8 Å². The lowest BCUT2D eigenvalue weighted by atomic mass is 10.1. The van der Waals surface area contributed by atoms with E-state index in [9.17, 15) is 14.4 Å². The Morgan fingerprint density at radius 2 is 1.69 bits per heavy atom. The average Bonchev–Trinajstić information content (AvgIpc) is 3.63. The van der Waals surface area contributed by atoms with Crippen molar-refractivity contribution >= 4 is 29.0 Å². The Balaban J connectivity index is 1.58. The summed E-state index contributed by atoms with van der Waals surface area (Å²) in [5.74, 6) is -0.152. The molecule has 1 aromatic carbocycles. The first-order valence-corrected chi connectivity index (χ1v) is 13.2. The summed E-state index contributed by atoms with van der Waals surface area (Å²) in [7, 11) is 0. The minimum Gasteiger partial charge on any atom is -0.444 e. The van der Waals surface area contributed by atoms with Crippen LogP contribution in [0.1, 0.15) is 70.4 Å². The molecule has 0 spiro atoms. The van der Waals surface area contributed by atoms with Gasteiger partial charge in [0.2, 0.25) is 0 Å². The molecule has 1 aliphatic rings. The molecule has 39 heavy (non-hydrogen) atoms. The number of alkyl carbamates (subject to hydrolysis) is 1. The second-order valence-electron chi connectivity index (χ2n) is 11.9. The summed E-state index contributed by atoms with van der Waals surface area (Å²) < 4.78 is 12.5. The lowest BCUT2D eigenvalue weighted by Crippen LogP contribution is -2.46. The standard InChI is InChI=1S/C29H37N5O5/c1-17-19-10-8-9-11-23(19)34(27(37)39-29(5,6)7)24(17)21-14-30-15-22(32-21)25(35)31-16-20(18-12-13-18)33-26(36)38-28(2,3)4/h8-11,14-15,18,20H,12-13,16H2,1-7H3,(H,31,35)(H,33,36). The number of nitrogens with one attached hydrogen (secondary N) is 2. The molecule has 0 aliphatic heterocycles. The van der Waals surface area contributed by atoms with Crippen molar-refractivity contribution in [3.63, 3.8) is 0 Å². The lowest BCUT2D eigenvalue weighted by molar-refractivity contribution is 0.0493. The van der Waals surface area contributed by atoms with Crippen LogP contribution in [0.4, 0.5) is 9.59 Å². The summed E-state index contributed by atoms with van der Waals surface area (Å²) in [4.78, 5) is 47.5. The molecule has 2 N–H and O–H groups in total. The van der Waals surface area contributed by atoms with E-state index < -0.39 is 29.3 Å². The highest BCUT2D eigenvalue weighted by Crippen LogP contribution is 2.34. The highest BCUT2D eigenvalue weighted by Gasteiger charge is 2.34. The van der Waals surface area contributed by atoms with Crippen LogP contribution in [0.25, 0.3) is 22.3 Å². The molecule has 0 bridgehead atoms. The highest BCUT2D eigenvalue weighted by atomic mass is 16.6. The molecule has 10 heteroatoms. The Labute approximate surface area is 228 Å². The molecule has 1 aliphatic carbocycles. The van der Waals surface area contributed by atoms with Gasteiger partial charge in [-0.05, 0) is 78.9 Å². The largest absolute Gasteiger partial charge is 0.444 e. The second-order valence-corrected chi connectivity index (χ2v) is 11.9. The summed E-state index contributed by atoms with van der Waals surface area (Å²) in [5, 5.41) is 6.61. The molecule has 1 atom stereocenters. The highest BCUT2D eigenvalue weighted by molar-refractivity contribution is 5.99. The van der Waals surface area contributed by atoms with E-state index in [-0.39, 0.29) is 24.2 Å². The monoisotopic (exact) mass is 535 g/mol. The van der Waals surface area contributed by atoms with Gasteiger partial charge in [0, 0.05) is 11.9 Å². The van der Waals surface area contributed by atoms with Crippen molar-refractivity contribution in [3.05, 3.63) is 47.9 Å². The van der Waals surface area contributed by atoms with Gasteiger partial charge in [0.15, 0.2) is 0 Å². The third kappa shape index (κ3) is 6.93. The van der Waals surface area contributed by atoms with Gasteiger partial charge in [0.05, 0.1) is 29.6 Å². The first-order valence-electron chi connectivity index (χ1n) is 13.2. The molecule has 1 saturated carbocycles. The molecule has 3 aromatic rings. The van der Waals surface area contributed by atoms with Gasteiger partial charge < -0.3 is 20.1 Å². The first-order chi connectivity index (χ1) is 18.2. The van der Waals surface area contributed by atoms with E-state index in [0.29, 0.717) is 16.9 Å². The maximum absolute atomic E-state index is 13.3. The van der Waals surface area contributed by atoms with Crippen LogP contribution in [0.2, 0.25) is 0 Å². The van der Waals surface area contributed by atoms with Crippen molar-refractivity contribution in [3.8, 4) is 11.4 Å². The van der Waals surface area contributed by atoms with Crippen molar-refractivity contribution in [1.82, 2.24) is 25.2 Å². The third-order valence-corrected chi connectivity index (χ3v) is 6.19. The number of rotatable bonds is 6. The molecule has 1 unspecified atom stereocenters. The predicted molar refractivity (Wildman–Crippen MR) is 148 cm³/mol. The van der Waals surface area contributed by atoms with Crippen LogP contribution in [0.15, 0.2) is 36.7 Å². The Kier molecular flexibility index (Phi) is 7.68. The smallest absolute Gasteiger partial charge is 0.419 e. The number of aryl methyl sites for hydroxylation is 1. The Morgan fingerprint density at radius 1 is 1.03 bits per heavy atom. The molecule has 208 valence electrons. The van der Waals surface area contributed by atoms with Crippen molar-refractivity contribution in [2.75, 3.05) is 6.54 Å². The molecule has 2 aromatic heterocycles. The quantitative estimate of drug-likeness (QED) is 0.443. The summed E-state index contributed by atoms with van der Waals surface area (Å²) in [6.45, 7) is 12.9. The van der Waals surface area contributed by atoms with Crippen LogP contribution in [0.3, 0.4) is 0 Å². The van der Waals surface area contributed by atoms with E-state index >= 15 is 0 Å². The lowest BCUT2D eigenvalue weighted by Gasteiger charge is -2.23. The van der Waals surface area contributed by atoms with Crippen LogP contribution >= 0.6 is 0 Å². The Morgan fingerprint density at radius 3 is 2.33 bits per heavy atom. The molecular weight excluding hydrogens is 498 g/mol. The van der Waals surface area contributed by atoms with Gasteiger partial charge in [-0.25, -0.2) is 19.1 Å². The van der Waals surface area contributed by atoms with E-state index in [4.69, 9.17) is 9.47 Å². The normalized spacial score (nSPS) is 14.5. The topological polar surface area (TPSA) is 124 Å². The third-order valence-electron chi connectivity index (χ3n) is 6.19. The zero-order chi connectivity index (χ0) is 28.5. The summed E-state index contributed by atoms with van der Waals surface area (Å²) in [5.41, 5.74) is 1.15. The van der Waals surface area contributed by atoms with Crippen molar-refractivity contribution in [2.24, 2.45) is 5.92 Å². The van der Waals surface area contributed by atoms with E-state index in [1.165, 1.54) is 17.0 Å². The zero-order valence-corrected chi connectivity index (χ0v) is 23.6. The van der Waals surface area contributed by atoms with Crippen molar-refractivity contribution in [1.29, 1.82) is 0 Å². The summed E-state index contributed by atoms with van der Waals surface area (Å²) >= 11 is 0. The fraction of sp³-hybridized carbons (Fsp3) is 0.483. The van der Waals surface area contributed by atoms with E-state index in [2.05, 4.69) is 20.6 Å². The van der Waals surface area contributed by atoms with Gasteiger partial charge >= 0.3 is 12.2 Å². The number of hydrogen-bond donors (Lipinski definition) is 2. The fourth-order valence-corrected chi connectivity index (χ4v) is 4.38. The first kappa shape index (κ1) is 28.1. The van der Waals surface area contributed by atoms with Gasteiger partial charge in [0.25, 0.3) is 5.91 Å². The molecule has 10 nitrogen and oxygen atoms in total. The van der Waals surface area contributed by atoms with Crippen LogP contribution in [0.5, 0.6) is 0 Å². The average molecular weight is 536 g/mol. The van der Waals surface area contributed by atoms with Gasteiger partial charge in [-0.1, -0.05) is 18.2 Å². The molecule has 2 heterocycles. The van der Waals surface area contributed by atoms with E-state index in [1.54, 1.807) is 41.5 Å². The number of nitrogens with zero attached hydrogens (tertiary/aromatic N) is 3. The molecule has 2 amide bonds. The summed E-state index contributed by atoms with van der Waals surface area (Å²) in [6.07, 6.45) is 3.79. The SMILES string of the molecule is Cc1c(-c2cncc(C(=O)NCC(NC(=O)OC(C)(C)C)C3CC3)n2)n(C(=O)OC(C)(C)C)c2ccccc12. The van der Waals surface area contributed by atoms with Crippen molar-refractivity contribution < 1.29 is 23.9 Å². The number of fused-ring (bicyclic) bond motifs is 1. The van der Waals surface area contributed by atoms with E-state index in [1.807, 2.05) is 31.2 Å². The van der Waals surface area contributed by atoms with Crippen molar-refractivity contribution in [2.45, 2.75) is 78.6 Å². The number of ether oxygens (including phenoxy) is 2. The maximum Gasteiger partial charge on any atom is 0.419 e. The number of para-hydroxylation sites is 1. The van der Waals surface area contributed by atoms with Crippen LogP contribution < -0.4 is 10.6 Å². The number of benzene rings is 1. The Bertz CT molecular complexity index is 1400. The zero-order valence-electron chi connectivity index (χ0n) is 23.6. The minimum absolute atomic E-state index is 0.0970. The Hall–Kier alpha value is -3.95. The van der Waals surface area contributed by atoms with Crippen LogP contribution in [0, 0.1) is 12.8 Å². The molecule has 0 saturated heterocycles. The number of carbonyl (C=O) groups is 3. The molecule has 4 rings (SSSR count). The summed E-state index contributed by atoms with van der Waals surface area (Å²) in [6, 6.07) is 7.26. The minimum atomic E-state index is -0.702. The van der Waals surface area contributed by atoms with Gasteiger partial charge in [0.1, 0.15) is 22.6 Å².